The second-order valence-electron chi connectivity index (χ2n) is 11.0. The lowest BCUT2D eigenvalue weighted by Crippen LogP contribution is -2.54. The maximum atomic E-state index is 13.4. The Morgan fingerprint density at radius 3 is 2.27 bits per heavy atom. The van der Waals surface area contributed by atoms with Crippen LogP contribution in [0.5, 0.6) is 11.5 Å². The summed E-state index contributed by atoms with van der Waals surface area (Å²) in [7, 11) is 0. The Balaban J connectivity index is 1.30. The van der Waals surface area contributed by atoms with Crippen molar-refractivity contribution >= 4 is 45.5 Å². The molecule has 192 valence electrons. The van der Waals surface area contributed by atoms with Gasteiger partial charge in [-0.1, -0.05) is 28.1 Å². The Kier molecular flexibility index (Phi) is 5.90. The summed E-state index contributed by atoms with van der Waals surface area (Å²) >= 11 is 3.36. The van der Waals surface area contributed by atoms with Gasteiger partial charge in [-0.25, -0.2) is 9.69 Å². The van der Waals surface area contributed by atoms with E-state index in [4.69, 9.17) is 4.74 Å². The zero-order chi connectivity index (χ0) is 25.9. The third kappa shape index (κ3) is 4.15. The summed E-state index contributed by atoms with van der Waals surface area (Å²) < 4.78 is 5.91. The first-order valence-electron chi connectivity index (χ1n) is 12.9. The number of carbonyl (C=O) groups is 3. The standard InChI is InChI=1S/C29H29BrN2O5/c1-2-37-25-11-19(23(30)12-24(25)33)10-22-26(34)31-28(36)32(27(22)35)21-5-3-20(4-6-21)29-13-16-7-17(14-29)9-18(8-16)15-29/h3-6,10-12,16-18,33H,2,7-9,13-15H2,1H3,(H,31,34,36). The van der Waals surface area contributed by atoms with Gasteiger partial charge in [-0.3, -0.25) is 14.9 Å². The molecule has 0 aromatic heterocycles. The number of nitrogens with zero attached hydrogens (tertiary/aromatic N) is 1. The highest BCUT2D eigenvalue weighted by molar-refractivity contribution is 9.10. The average molecular weight is 565 g/mol. The molecule has 7 rings (SSSR count). The molecule has 0 radical (unpaired) electrons. The van der Waals surface area contributed by atoms with E-state index in [9.17, 15) is 19.5 Å². The minimum atomic E-state index is -0.769. The fraction of sp³-hybridized carbons (Fsp3) is 0.414. The van der Waals surface area contributed by atoms with Crippen molar-refractivity contribution < 1.29 is 24.2 Å². The smallest absolute Gasteiger partial charge is 0.335 e. The van der Waals surface area contributed by atoms with Gasteiger partial charge in [0.15, 0.2) is 11.5 Å². The minimum Gasteiger partial charge on any atom is -0.504 e. The largest absolute Gasteiger partial charge is 0.504 e. The monoisotopic (exact) mass is 564 g/mol. The van der Waals surface area contributed by atoms with Crippen LogP contribution in [0.4, 0.5) is 10.5 Å². The molecule has 1 aliphatic heterocycles. The Bertz CT molecular complexity index is 1300. The number of aromatic hydroxyl groups is 1. The third-order valence-electron chi connectivity index (χ3n) is 8.56. The van der Waals surface area contributed by atoms with Crippen LogP contribution in [0.1, 0.15) is 56.6 Å². The lowest BCUT2D eigenvalue weighted by Gasteiger charge is -2.57. The number of carbonyl (C=O) groups excluding carboxylic acids is 3. The zero-order valence-corrected chi connectivity index (χ0v) is 22.2. The molecule has 2 N–H and O–H groups in total. The number of phenolic OH excluding ortho intramolecular Hbond substituents is 1. The average Bonchev–Trinajstić information content (AvgIpc) is 2.84. The van der Waals surface area contributed by atoms with Crippen LogP contribution in [-0.4, -0.2) is 29.6 Å². The molecule has 1 saturated heterocycles. The SMILES string of the molecule is CCOc1cc(C=C2C(=O)NC(=O)N(c3ccc(C45CC6CC(CC(C6)C4)C5)cc3)C2=O)c(Br)cc1O. The Morgan fingerprint density at radius 1 is 1.05 bits per heavy atom. The van der Waals surface area contributed by atoms with Crippen LogP contribution in [0.3, 0.4) is 0 Å². The predicted octanol–water partition coefficient (Wildman–Crippen LogP) is 5.69. The van der Waals surface area contributed by atoms with Crippen molar-refractivity contribution in [2.24, 2.45) is 17.8 Å². The molecule has 7 nitrogen and oxygen atoms in total. The van der Waals surface area contributed by atoms with Crippen molar-refractivity contribution in [2.75, 3.05) is 11.5 Å². The number of benzene rings is 2. The lowest BCUT2D eigenvalue weighted by molar-refractivity contribution is -0.122. The Labute approximate surface area is 224 Å². The van der Waals surface area contributed by atoms with Crippen molar-refractivity contribution in [2.45, 2.75) is 50.9 Å². The highest BCUT2D eigenvalue weighted by Gasteiger charge is 2.51. The van der Waals surface area contributed by atoms with Gasteiger partial charge in [-0.05, 0) is 110 Å². The molecule has 0 spiro atoms. The molecule has 0 atom stereocenters. The normalized spacial score (nSPS) is 29.7. The van der Waals surface area contributed by atoms with E-state index in [1.165, 1.54) is 62.3 Å². The number of ether oxygens (including phenoxy) is 1. The Morgan fingerprint density at radius 2 is 1.68 bits per heavy atom. The fourth-order valence-electron chi connectivity index (χ4n) is 7.42. The maximum Gasteiger partial charge on any atom is 0.335 e. The van der Waals surface area contributed by atoms with E-state index in [2.05, 4.69) is 33.4 Å². The third-order valence-corrected chi connectivity index (χ3v) is 9.24. The van der Waals surface area contributed by atoms with Crippen molar-refractivity contribution in [1.29, 1.82) is 0 Å². The first-order chi connectivity index (χ1) is 17.8. The number of hydrogen-bond acceptors (Lipinski definition) is 5. The fourth-order valence-corrected chi connectivity index (χ4v) is 7.86. The number of barbiturate groups is 1. The number of anilines is 1. The van der Waals surface area contributed by atoms with Crippen LogP contribution in [0.2, 0.25) is 0 Å². The summed E-state index contributed by atoms with van der Waals surface area (Å²) in [4.78, 5) is 39.8. The zero-order valence-electron chi connectivity index (χ0n) is 20.6. The first-order valence-corrected chi connectivity index (χ1v) is 13.7. The summed E-state index contributed by atoms with van der Waals surface area (Å²) in [6, 6.07) is 9.98. The summed E-state index contributed by atoms with van der Waals surface area (Å²) in [6.07, 6.45) is 9.19. The first kappa shape index (κ1) is 24.2. The van der Waals surface area contributed by atoms with E-state index < -0.39 is 17.8 Å². The number of amides is 4. The molecule has 1 heterocycles. The number of phenols is 1. The topological polar surface area (TPSA) is 95.9 Å². The number of rotatable bonds is 5. The van der Waals surface area contributed by atoms with Crippen LogP contribution in [0.15, 0.2) is 46.4 Å². The van der Waals surface area contributed by atoms with Gasteiger partial charge in [0.2, 0.25) is 0 Å². The van der Waals surface area contributed by atoms with Gasteiger partial charge < -0.3 is 9.84 Å². The Hall–Kier alpha value is -3.13. The molecule has 8 heteroatoms. The number of halogens is 1. The quantitative estimate of drug-likeness (QED) is 0.359. The van der Waals surface area contributed by atoms with Crippen LogP contribution in [0.25, 0.3) is 6.08 Å². The number of hydrogen-bond donors (Lipinski definition) is 2. The molecule has 4 aliphatic carbocycles. The van der Waals surface area contributed by atoms with Gasteiger partial charge in [0.1, 0.15) is 5.57 Å². The lowest BCUT2D eigenvalue weighted by atomic mass is 9.48. The van der Waals surface area contributed by atoms with Gasteiger partial charge >= 0.3 is 6.03 Å². The van der Waals surface area contributed by atoms with Crippen LogP contribution in [-0.2, 0) is 15.0 Å². The molecular formula is C29H29BrN2O5. The van der Waals surface area contributed by atoms with Crippen molar-refractivity contribution in [3.63, 3.8) is 0 Å². The number of nitrogens with one attached hydrogen (secondary N) is 1. The summed E-state index contributed by atoms with van der Waals surface area (Å²) in [5.41, 5.74) is 2.22. The molecule has 4 bridgehead atoms. The molecule has 0 unspecified atom stereocenters. The van der Waals surface area contributed by atoms with E-state index in [-0.39, 0.29) is 22.5 Å². The summed E-state index contributed by atoms with van der Waals surface area (Å²) in [5.74, 6) is 1.16. The second-order valence-corrected chi connectivity index (χ2v) is 11.8. The molecule has 4 amide bonds. The number of urea groups is 1. The second kappa shape index (κ2) is 9.01. The summed E-state index contributed by atoms with van der Waals surface area (Å²) in [5, 5.41) is 12.4. The molecule has 2 aromatic carbocycles. The van der Waals surface area contributed by atoms with Crippen LogP contribution >= 0.6 is 15.9 Å². The molecule has 5 fully saturated rings. The highest BCUT2D eigenvalue weighted by atomic mass is 79.9. The van der Waals surface area contributed by atoms with Gasteiger partial charge in [0, 0.05) is 4.47 Å². The van der Waals surface area contributed by atoms with E-state index in [0.29, 0.717) is 22.3 Å². The van der Waals surface area contributed by atoms with Crippen molar-refractivity contribution in [3.05, 3.63) is 57.6 Å². The van der Waals surface area contributed by atoms with Gasteiger partial charge in [0.05, 0.1) is 12.3 Å². The van der Waals surface area contributed by atoms with E-state index in [0.717, 1.165) is 22.7 Å². The molecular weight excluding hydrogens is 536 g/mol. The minimum absolute atomic E-state index is 0.0637. The van der Waals surface area contributed by atoms with Gasteiger partial charge in [-0.15, -0.1) is 0 Å². The highest BCUT2D eigenvalue weighted by Crippen LogP contribution is 2.60. The summed E-state index contributed by atoms with van der Waals surface area (Å²) in [6.45, 7) is 2.13. The van der Waals surface area contributed by atoms with Gasteiger partial charge in [-0.2, -0.15) is 0 Å². The van der Waals surface area contributed by atoms with Gasteiger partial charge in [0.25, 0.3) is 11.8 Å². The van der Waals surface area contributed by atoms with Crippen LogP contribution in [0, 0.1) is 17.8 Å². The van der Waals surface area contributed by atoms with E-state index in [1.807, 2.05) is 12.1 Å². The molecule has 37 heavy (non-hydrogen) atoms. The van der Waals surface area contributed by atoms with Crippen molar-refractivity contribution in [1.82, 2.24) is 5.32 Å². The maximum absolute atomic E-state index is 13.4. The number of imide groups is 2. The van der Waals surface area contributed by atoms with E-state index >= 15 is 0 Å². The van der Waals surface area contributed by atoms with Crippen LogP contribution < -0.4 is 15.0 Å². The molecule has 5 aliphatic rings. The molecule has 2 aromatic rings. The van der Waals surface area contributed by atoms with Crippen molar-refractivity contribution in [3.8, 4) is 11.5 Å². The van der Waals surface area contributed by atoms with E-state index in [1.54, 1.807) is 6.92 Å². The predicted molar refractivity (Wildman–Crippen MR) is 142 cm³/mol. The molecule has 4 saturated carbocycles.